The quantitative estimate of drug-likeness (QED) is 0.647. The van der Waals surface area contributed by atoms with Crippen LogP contribution in [-0.2, 0) is 6.18 Å². The van der Waals surface area contributed by atoms with E-state index in [1.54, 1.807) is 0 Å². The predicted molar refractivity (Wildman–Crippen MR) is 88.4 cm³/mol. The Morgan fingerprint density at radius 1 is 1.18 bits per heavy atom. The first-order chi connectivity index (χ1) is 13.2. The summed E-state index contributed by atoms with van der Waals surface area (Å²) in [5.41, 5.74) is 0.749. The number of aromatic nitrogens is 2. The lowest BCUT2D eigenvalue weighted by Crippen LogP contribution is -2.28. The molecule has 6 nitrogen and oxygen atoms in total. The van der Waals surface area contributed by atoms with Gasteiger partial charge in [0.2, 0.25) is 5.82 Å². The highest BCUT2D eigenvalue weighted by atomic mass is 19.4. The van der Waals surface area contributed by atoms with Gasteiger partial charge in [-0.25, -0.2) is 4.39 Å². The number of amides is 1. The van der Waals surface area contributed by atoms with Gasteiger partial charge in [-0.05, 0) is 29.8 Å². The van der Waals surface area contributed by atoms with Crippen molar-refractivity contribution in [3.8, 4) is 11.4 Å². The molecule has 0 bridgehead atoms. The maximum Gasteiger partial charge on any atom is 0.471 e. The van der Waals surface area contributed by atoms with E-state index in [0.29, 0.717) is 5.56 Å². The Morgan fingerprint density at radius 2 is 1.89 bits per heavy atom. The maximum atomic E-state index is 13.2. The Bertz CT molecular complexity index is 971. The molecule has 0 aliphatic rings. The number of hydrogen-bond acceptors (Lipinski definition) is 5. The normalized spacial score (nSPS) is 12.6. The number of halogens is 4. The molecule has 2 aromatic carbocycles. The lowest BCUT2D eigenvalue weighted by Gasteiger charge is -2.12. The van der Waals surface area contributed by atoms with Gasteiger partial charge in [-0.2, -0.15) is 18.2 Å². The van der Waals surface area contributed by atoms with Crippen LogP contribution < -0.4 is 5.32 Å². The molecule has 1 heterocycles. The molecule has 3 aromatic rings. The molecule has 0 saturated heterocycles. The van der Waals surface area contributed by atoms with Crippen LogP contribution in [0.1, 0.15) is 27.9 Å². The summed E-state index contributed by atoms with van der Waals surface area (Å²) in [6.07, 6.45) is -5.84. The van der Waals surface area contributed by atoms with E-state index in [2.05, 4.69) is 20.0 Å². The van der Waals surface area contributed by atoms with Crippen molar-refractivity contribution in [3.05, 3.63) is 71.4 Å². The number of aliphatic hydroxyl groups excluding tert-OH is 1. The minimum absolute atomic E-state index is 0.149. The van der Waals surface area contributed by atoms with Gasteiger partial charge in [-0.15, -0.1) is 0 Å². The number of nitrogens with one attached hydrogen (secondary N) is 1. The van der Waals surface area contributed by atoms with Gasteiger partial charge in [-0.1, -0.05) is 29.4 Å². The van der Waals surface area contributed by atoms with Crippen molar-refractivity contribution in [2.45, 2.75) is 12.3 Å². The fraction of sp³-hybridized carbons (Fsp3) is 0.167. The summed E-state index contributed by atoms with van der Waals surface area (Å²) in [7, 11) is 0. The van der Waals surface area contributed by atoms with Crippen LogP contribution in [0.5, 0.6) is 0 Å². The zero-order valence-electron chi connectivity index (χ0n) is 14.1. The number of carbonyl (C=O) groups excluding carboxylic acids is 1. The number of alkyl halides is 3. The van der Waals surface area contributed by atoms with Crippen LogP contribution in [0.25, 0.3) is 11.4 Å². The summed E-state index contributed by atoms with van der Waals surface area (Å²) in [5, 5.41) is 15.7. The molecule has 1 aromatic heterocycles. The number of hydrogen-bond donors (Lipinski definition) is 2. The summed E-state index contributed by atoms with van der Waals surface area (Å²) in [5.74, 6) is -2.75. The fourth-order valence-electron chi connectivity index (χ4n) is 2.35. The predicted octanol–water partition coefficient (Wildman–Crippen LogP) is 3.36. The van der Waals surface area contributed by atoms with Crippen molar-refractivity contribution in [1.29, 1.82) is 0 Å². The molecule has 1 amide bonds. The second kappa shape index (κ2) is 7.77. The van der Waals surface area contributed by atoms with Crippen LogP contribution in [0.3, 0.4) is 0 Å². The van der Waals surface area contributed by atoms with Gasteiger partial charge >= 0.3 is 12.1 Å². The Balaban J connectivity index is 1.63. The minimum atomic E-state index is -4.74. The van der Waals surface area contributed by atoms with Crippen LogP contribution in [0.4, 0.5) is 17.6 Å². The van der Waals surface area contributed by atoms with E-state index in [1.807, 2.05) is 0 Å². The lowest BCUT2D eigenvalue weighted by molar-refractivity contribution is -0.159. The van der Waals surface area contributed by atoms with E-state index in [1.165, 1.54) is 42.5 Å². The van der Waals surface area contributed by atoms with Gasteiger partial charge in [0.15, 0.2) is 0 Å². The van der Waals surface area contributed by atoms with E-state index < -0.39 is 29.9 Å². The van der Waals surface area contributed by atoms with Crippen molar-refractivity contribution in [1.82, 2.24) is 15.5 Å². The first-order valence-electron chi connectivity index (χ1n) is 7.97. The summed E-state index contributed by atoms with van der Waals surface area (Å²) in [4.78, 5) is 15.4. The molecule has 0 saturated carbocycles. The average Bonchev–Trinajstić information content (AvgIpc) is 3.16. The van der Waals surface area contributed by atoms with Crippen molar-refractivity contribution >= 4 is 5.91 Å². The topological polar surface area (TPSA) is 88.2 Å². The van der Waals surface area contributed by atoms with Gasteiger partial charge in [0.25, 0.3) is 5.91 Å². The van der Waals surface area contributed by atoms with Crippen molar-refractivity contribution in [2.24, 2.45) is 0 Å². The molecule has 3 rings (SSSR count). The second-order valence-corrected chi connectivity index (χ2v) is 5.78. The standard InChI is InChI=1S/C18H13F4N3O3/c19-13-3-1-2-12(8-13)14(26)9-23-16(27)11-6-4-10(5-7-11)15-24-17(28-25-15)18(20,21)22/h1-8,14,26H,9H2,(H,23,27). The third-order valence-electron chi connectivity index (χ3n) is 3.76. The number of benzene rings is 2. The zero-order valence-corrected chi connectivity index (χ0v) is 14.1. The zero-order chi connectivity index (χ0) is 20.3. The Labute approximate surface area is 155 Å². The highest BCUT2D eigenvalue weighted by Gasteiger charge is 2.38. The van der Waals surface area contributed by atoms with Crippen molar-refractivity contribution in [2.75, 3.05) is 6.54 Å². The largest absolute Gasteiger partial charge is 0.471 e. The highest BCUT2D eigenvalue weighted by molar-refractivity contribution is 5.94. The molecule has 10 heteroatoms. The fourth-order valence-corrected chi connectivity index (χ4v) is 2.35. The van der Waals surface area contributed by atoms with Crippen molar-refractivity contribution < 1.29 is 32.0 Å². The average molecular weight is 395 g/mol. The van der Waals surface area contributed by atoms with E-state index in [0.717, 1.165) is 6.07 Å². The molecule has 1 unspecified atom stereocenters. The third-order valence-corrected chi connectivity index (χ3v) is 3.76. The van der Waals surface area contributed by atoms with E-state index in [-0.39, 0.29) is 23.5 Å². The maximum absolute atomic E-state index is 13.2. The molecule has 1 atom stereocenters. The van der Waals surface area contributed by atoms with E-state index >= 15 is 0 Å². The van der Waals surface area contributed by atoms with Gasteiger partial charge < -0.3 is 14.9 Å². The molecule has 2 N–H and O–H groups in total. The second-order valence-electron chi connectivity index (χ2n) is 5.78. The van der Waals surface area contributed by atoms with Gasteiger partial charge in [0.05, 0.1) is 6.10 Å². The number of rotatable bonds is 5. The molecule has 0 aliphatic carbocycles. The van der Waals surface area contributed by atoms with Crippen LogP contribution in [0, 0.1) is 5.82 Å². The summed E-state index contributed by atoms with van der Waals surface area (Å²) in [6, 6.07) is 10.8. The summed E-state index contributed by atoms with van der Waals surface area (Å²) >= 11 is 0. The molecule has 0 spiro atoms. The summed E-state index contributed by atoms with van der Waals surface area (Å²) in [6.45, 7) is -0.149. The Hall–Kier alpha value is -3.27. The Morgan fingerprint density at radius 3 is 2.50 bits per heavy atom. The van der Waals surface area contributed by atoms with Gasteiger partial charge in [-0.3, -0.25) is 4.79 Å². The summed E-state index contributed by atoms with van der Waals surface area (Å²) < 4.78 is 54.8. The van der Waals surface area contributed by atoms with Crippen LogP contribution in [0.15, 0.2) is 53.1 Å². The first-order valence-corrected chi connectivity index (χ1v) is 7.97. The number of nitrogens with zero attached hydrogens (tertiary/aromatic N) is 2. The SMILES string of the molecule is O=C(NCC(O)c1cccc(F)c1)c1ccc(-c2noc(C(F)(F)F)n2)cc1. The Kier molecular flexibility index (Phi) is 5.41. The van der Waals surface area contributed by atoms with Crippen LogP contribution in [-0.4, -0.2) is 27.7 Å². The number of aliphatic hydroxyl groups is 1. The monoisotopic (exact) mass is 395 g/mol. The highest BCUT2D eigenvalue weighted by Crippen LogP contribution is 2.29. The molecule has 0 aliphatic heterocycles. The minimum Gasteiger partial charge on any atom is -0.387 e. The van der Waals surface area contributed by atoms with Crippen LogP contribution in [0.2, 0.25) is 0 Å². The molecular formula is C18H13F4N3O3. The van der Waals surface area contributed by atoms with Gasteiger partial charge in [0, 0.05) is 17.7 Å². The smallest absolute Gasteiger partial charge is 0.387 e. The molecule has 0 fully saturated rings. The first kappa shape index (κ1) is 19.5. The van der Waals surface area contributed by atoms with Crippen molar-refractivity contribution in [3.63, 3.8) is 0 Å². The lowest BCUT2D eigenvalue weighted by atomic mass is 10.1. The number of carbonyl (C=O) groups is 1. The van der Waals surface area contributed by atoms with E-state index in [4.69, 9.17) is 0 Å². The molecular weight excluding hydrogens is 382 g/mol. The van der Waals surface area contributed by atoms with E-state index in [9.17, 15) is 27.5 Å². The molecule has 146 valence electrons. The van der Waals surface area contributed by atoms with Crippen LogP contribution >= 0.6 is 0 Å². The molecule has 0 radical (unpaired) electrons. The molecule has 28 heavy (non-hydrogen) atoms. The third kappa shape index (κ3) is 4.52. The van der Waals surface area contributed by atoms with Gasteiger partial charge in [0.1, 0.15) is 5.82 Å².